The van der Waals surface area contributed by atoms with Gasteiger partial charge in [-0.05, 0) is 43.8 Å². The van der Waals surface area contributed by atoms with Gasteiger partial charge >= 0.3 is 5.97 Å². The number of carbonyl (C=O) groups is 5. The zero-order valence-corrected chi connectivity index (χ0v) is 18.9. The van der Waals surface area contributed by atoms with E-state index in [1.807, 2.05) is 12.5 Å². The van der Waals surface area contributed by atoms with Gasteiger partial charge in [0.25, 0.3) is 0 Å². The lowest BCUT2D eigenvalue weighted by Gasteiger charge is -2.23. The monoisotopic (exact) mass is 465 g/mol. The van der Waals surface area contributed by atoms with Crippen LogP contribution in [0.1, 0.15) is 26.2 Å². The molecular formula is C17H31N5O6S2. The topological polar surface area (TPSA) is 194 Å². The number of carboxylic acids is 1. The van der Waals surface area contributed by atoms with Crippen LogP contribution in [0.5, 0.6) is 0 Å². The number of primary amides is 1. The Morgan fingerprint density at radius 1 is 0.867 bits per heavy atom. The average Bonchev–Trinajstić information content (AvgIpc) is 2.67. The molecule has 0 aliphatic rings. The molecule has 0 rings (SSSR count). The number of aliphatic carboxylic acids is 1. The van der Waals surface area contributed by atoms with E-state index in [1.54, 1.807) is 11.8 Å². The zero-order valence-electron chi connectivity index (χ0n) is 17.3. The predicted molar refractivity (Wildman–Crippen MR) is 117 cm³/mol. The van der Waals surface area contributed by atoms with Crippen molar-refractivity contribution in [3.8, 4) is 0 Å². The Morgan fingerprint density at radius 2 is 1.40 bits per heavy atom. The van der Waals surface area contributed by atoms with Crippen molar-refractivity contribution in [1.82, 2.24) is 16.0 Å². The van der Waals surface area contributed by atoms with Gasteiger partial charge < -0.3 is 32.5 Å². The Hall–Kier alpha value is -1.99. The zero-order chi connectivity index (χ0) is 23.3. The number of carbonyl (C=O) groups excluding carboxylic acids is 4. The smallest absolute Gasteiger partial charge is 0.326 e. The fraction of sp³-hybridized carbons (Fsp3) is 0.706. The maximum atomic E-state index is 12.6. The third-order valence-corrected chi connectivity index (χ3v) is 5.27. The Labute approximate surface area is 184 Å². The van der Waals surface area contributed by atoms with Crippen molar-refractivity contribution in [1.29, 1.82) is 0 Å². The maximum Gasteiger partial charge on any atom is 0.326 e. The highest BCUT2D eigenvalue weighted by Gasteiger charge is 2.28. The largest absolute Gasteiger partial charge is 0.480 e. The first-order chi connectivity index (χ1) is 14.0. The van der Waals surface area contributed by atoms with Crippen LogP contribution in [0.25, 0.3) is 0 Å². The predicted octanol–water partition coefficient (Wildman–Crippen LogP) is -1.75. The van der Waals surface area contributed by atoms with Gasteiger partial charge in [0.15, 0.2) is 0 Å². The molecule has 0 heterocycles. The molecule has 13 heteroatoms. The van der Waals surface area contributed by atoms with Gasteiger partial charge in [-0.3, -0.25) is 19.2 Å². The lowest BCUT2D eigenvalue weighted by atomic mass is 10.1. The minimum atomic E-state index is -1.50. The molecule has 0 aromatic carbocycles. The molecular weight excluding hydrogens is 434 g/mol. The van der Waals surface area contributed by atoms with E-state index >= 15 is 0 Å². The van der Waals surface area contributed by atoms with E-state index in [-0.39, 0.29) is 0 Å². The number of thioether (sulfide) groups is 2. The van der Waals surface area contributed by atoms with Crippen LogP contribution >= 0.6 is 23.5 Å². The molecule has 0 fully saturated rings. The highest BCUT2D eigenvalue weighted by atomic mass is 32.2. The number of rotatable bonds is 15. The van der Waals surface area contributed by atoms with Crippen molar-refractivity contribution in [2.45, 2.75) is 50.4 Å². The van der Waals surface area contributed by atoms with Gasteiger partial charge in [0.05, 0.1) is 12.5 Å². The molecule has 4 unspecified atom stereocenters. The fourth-order valence-corrected chi connectivity index (χ4v) is 3.20. The average molecular weight is 466 g/mol. The van der Waals surface area contributed by atoms with E-state index in [9.17, 15) is 24.0 Å². The van der Waals surface area contributed by atoms with Gasteiger partial charge in [-0.25, -0.2) is 4.79 Å². The van der Waals surface area contributed by atoms with E-state index in [4.69, 9.17) is 16.6 Å². The van der Waals surface area contributed by atoms with Crippen LogP contribution in [-0.2, 0) is 24.0 Å². The number of carboxylic acid groups (broad SMARTS) is 1. The Morgan fingerprint density at radius 3 is 1.90 bits per heavy atom. The first-order valence-corrected chi connectivity index (χ1v) is 12.0. The third-order valence-electron chi connectivity index (χ3n) is 3.99. The SMILES string of the molecule is CSCCC(N)C(=O)NC(CCSC)C(=O)NC(C)C(=O)NC(CC(N)=O)C(=O)O. The fourth-order valence-electron chi connectivity index (χ4n) is 2.24. The van der Waals surface area contributed by atoms with Gasteiger partial charge in [-0.15, -0.1) is 0 Å². The Kier molecular flexibility index (Phi) is 13.9. The summed E-state index contributed by atoms with van der Waals surface area (Å²) in [5.74, 6) is -2.90. The number of amides is 4. The number of hydrogen-bond donors (Lipinski definition) is 6. The number of hydrogen-bond acceptors (Lipinski definition) is 8. The summed E-state index contributed by atoms with van der Waals surface area (Å²) in [6.45, 7) is 1.36. The molecule has 0 aromatic rings. The lowest BCUT2D eigenvalue weighted by molar-refractivity contribution is -0.143. The van der Waals surface area contributed by atoms with Crippen LogP contribution in [-0.4, -0.2) is 82.9 Å². The summed E-state index contributed by atoms with van der Waals surface area (Å²) in [5, 5.41) is 16.3. The quantitative estimate of drug-likeness (QED) is 0.163. The summed E-state index contributed by atoms with van der Waals surface area (Å²) in [5.41, 5.74) is 10.8. The van der Waals surface area contributed by atoms with E-state index < -0.39 is 60.2 Å². The van der Waals surface area contributed by atoms with Crippen LogP contribution in [0.3, 0.4) is 0 Å². The van der Waals surface area contributed by atoms with Gasteiger partial charge in [0, 0.05) is 0 Å². The summed E-state index contributed by atoms with van der Waals surface area (Å²) < 4.78 is 0. The maximum absolute atomic E-state index is 12.6. The van der Waals surface area contributed by atoms with Crippen molar-refractivity contribution in [3.63, 3.8) is 0 Å². The van der Waals surface area contributed by atoms with Crippen LogP contribution in [0.2, 0.25) is 0 Å². The molecule has 0 saturated carbocycles. The summed E-state index contributed by atoms with van der Waals surface area (Å²) >= 11 is 3.04. The minimum Gasteiger partial charge on any atom is -0.480 e. The summed E-state index contributed by atoms with van der Waals surface area (Å²) in [6.07, 6.45) is 3.94. The van der Waals surface area contributed by atoms with Crippen molar-refractivity contribution >= 4 is 53.1 Å². The molecule has 0 aliphatic heterocycles. The first kappa shape index (κ1) is 28.0. The second-order valence-corrected chi connectivity index (χ2v) is 8.50. The van der Waals surface area contributed by atoms with Gasteiger partial charge in [0.2, 0.25) is 23.6 Å². The molecule has 0 aromatic heterocycles. The Bertz CT molecular complexity index is 621. The molecule has 0 radical (unpaired) electrons. The number of nitrogens with one attached hydrogen (secondary N) is 3. The standard InChI is InChI=1S/C17H31N5O6S2/c1-9(14(24)22-12(17(27)28)8-13(19)23)20-16(26)11(5-7-30-3)21-15(25)10(18)4-6-29-2/h9-12H,4-8,18H2,1-3H3,(H2,19,23)(H,20,26)(H,21,25)(H,22,24)(H,27,28). The highest BCUT2D eigenvalue weighted by Crippen LogP contribution is 2.04. The van der Waals surface area contributed by atoms with E-state index in [2.05, 4.69) is 16.0 Å². The van der Waals surface area contributed by atoms with E-state index in [0.717, 1.165) is 0 Å². The molecule has 0 spiro atoms. The van der Waals surface area contributed by atoms with E-state index in [1.165, 1.54) is 18.7 Å². The first-order valence-electron chi connectivity index (χ1n) is 9.19. The van der Waals surface area contributed by atoms with Crippen LogP contribution in [0, 0.1) is 0 Å². The molecule has 0 aliphatic carbocycles. The third kappa shape index (κ3) is 11.3. The number of nitrogens with two attached hydrogens (primary N) is 2. The molecule has 0 bridgehead atoms. The van der Waals surface area contributed by atoms with E-state index in [0.29, 0.717) is 24.3 Å². The molecule has 30 heavy (non-hydrogen) atoms. The molecule has 8 N–H and O–H groups in total. The highest BCUT2D eigenvalue weighted by molar-refractivity contribution is 7.98. The van der Waals surface area contributed by atoms with Crippen LogP contribution in [0.15, 0.2) is 0 Å². The van der Waals surface area contributed by atoms with Gasteiger partial charge in [0.1, 0.15) is 18.1 Å². The molecule has 4 atom stereocenters. The van der Waals surface area contributed by atoms with Crippen molar-refractivity contribution in [3.05, 3.63) is 0 Å². The molecule has 172 valence electrons. The second kappa shape index (κ2) is 14.9. The van der Waals surface area contributed by atoms with Crippen molar-refractivity contribution in [2.75, 3.05) is 24.0 Å². The minimum absolute atomic E-state index is 0.321. The molecule has 0 saturated heterocycles. The molecule has 4 amide bonds. The van der Waals surface area contributed by atoms with Gasteiger partial charge in [-0.1, -0.05) is 0 Å². The van der Waals surface area contributed by atoms with Crippen molar-refractivity contribution < 1.29 is 29.1 Å². The summed E-state index contributed by atoms with van der Waals surface area (Å²) in [6, 6.07) is -4.27. The van der Waals surface area contributed by atoms with Crippen molar-refractivity contribution in [2.24, 2.45) is 11.5 Å². The summed E-state index contributed by atoms with van der Waals surface area (Å²) in [7, 11) is 0. The summed E-state index contributed by atoms with van der Waals surface area (Å²) in [4.78, 5) is 59.1. The van der Waals surface area contributed by atoms with Crippen LogP contribution in [0.4, 0.5) is 0 Å². The van der Waals surface area contributed by atoms with Gasteiger partial charge in [-0.2, -0.15) is 23.5 Å². The second-order valence-electron chi connectivity index (χ2n) is 6.53. The van der Waals surface area contributed by atoms with Crippen LogP contribution < -0.4 is 27.4 Å². The normalized spacial score (nSPS) is 14.7. The Balaban J connectivity index is 4.98. The molecule has 11 nitrogen and oxygen atoms in total. The lowest BCUT2D eigenvalue weighted by Crippen LogP contribution is -2.56.